The molecule has 3 aliphatic rings. The van der Waals surface area contributed by atoms with E-state index in [-0.39, 0.29) is 47.6 Å². The topological polar surface area (TPSA) is 66.4 Å². The Labute approximate surface area is 193 Å². The van der Waals surface area contributed by atoms with Crippen LogP contribution in [0.15, 0.2) is 4.99 Å². The molecule has 0 aromatic heterocycles. The molecule has 0 radical (unpaired) electrons. The van der Waals surface area contributed by atoms with Gasteiger partial charge in [0, 0.05) is 38.7 Å². The number of nitrogens with zero attached hydrogens (tertiary/aromatic N) is 3. The third kappa shape index (κ3) is 6.35. The highest BCUT2D eigenvalue weighted by Crippen LogP contribution is 2.33. The van der Waals surface area contributed by atoms with Crippen molar-refractivity contribution in [3.63, 3.8) is 0 Å². The fourth-order valence-corrected chi connectivity index (χ4v) is 4.45. The molecule has 8 heteroatoms. The molecule has 0 aliphatic carbocycles. The van der Waals surface area contributed by atoms with E-state index >= 15 is 0 Å². The predicted molar refractivity (Wildman–Crippen MR) is 126 cm³/mol. The standard InChI is InChI=1S/C21H38N4O3.HI/c1-20(2,3)17-15(8-7-11-27-17)12-22-18-23-13-16-14-24(9-10-25(16)18)19(26)28-21(4,5)6;/h15-17H,7-14H2,1-6H3,(H,22,23);1H. The van der Waals surface area contributed by atoms with Crippen molar-refractivity contribution in [1.29, 1.82) is 0 Å². The first-order chi connectivity index (χ1) is 13.0. The number of carbonyl (C=O) groups is 1. The number of aliphatic imine (C=N–C) groups is 1. The number of guanidine groups is 1. The van der Waals surface area contributed by atoms with Gasteiger partial charge in [0.1, 0.15) is 5.60 Å². The van der Waals surface area contributed by atoms with Crippen LogP contribution in [0.3, 0.4) is 0 Å². The van der Waals surface area contributed by atoms with Gasteiger partial charge >= 0.3 is 6.09 Å². The van der Waals surface area contributed by atoms with Gasteiger partial charge in [-0.3, -0.25) is 4.99 Å². The first kappa shape index (κ1) is 24.5. The number of hydrogen-bond donors (Lipinski definition) is 1. The summed E-state index contributed by atoms with van der Waals surface area (Å²) in [6.07, 6.45) is 2.37. The molecular formula is C21H39IN4O3. The van der Waals surface area contributed by atoms with Crippen LogP contribution in [0.2, 0.25) is 0 Å². The van der Waals surface area contributed by atoms with Crippen molar-refractivity contribution < 1.29 is 14.3 Å². The summed E-state index contributed by atoms with van der Waals surface area (Å²) in [4.78, 5) is 21.2. The van der Waals surface area contributed by atoms with Gasteiger partial charge in [0.15, 0.2) is 5.96 Å². The maximum absolute atomic E-state index is 12.4. The number of nitrogens with one attached hydrogen (secondary N) is 1. The molecule has 0 aromatic carbocycles. The summed E-state index contributed by atoms with van der Waals surface area (Å²) in [6, 6.07) is 0.241. The summed E-state index contributed by atoms with van der Waals surface area (Å²) in [5, 5.41) is 3.60. The number of halogens is 1. The molecule has 1 N–H and O–H groups in total. The molecule has 2 fully saturated rings. The average Bonchev–Trinajstić information content (AvgIpc) is 3.00. The minimum Gasteiger partial charge on any atom is -0.444 e. The summed E-state index contributed by atoms with van der Waals surface area (Å²) in [6.45, 7) is 17.1. The second-order valence-corrected chi connectivity index (χ2v) is 10.4. The molecule has 3 aliphatic heterocycles. The second kappa shape index (κ2) is 9.58. The maximum Gasteiger partial charge on any atom is 0.410 e. The SMILES string of the molecule is CC(C)(C)OC(=O)N1CCN2C(NCC3CCCOC3C(C)(C)C)=NCC2C1.I. The van der Waals surface area contributed by atoms with Crippen molar-refractivity contribution in [2.24, 2.45) is 16.3 Å². The monoisotopic (exact) mass is 522 g/mol. The van der Waals surface area contributed by atoms with Gasteiger partial charge in [-0.05, 0) is 39.0 Å². The lowest BCUT2D eigenvalue weighted by atomic mass is 9.78. The molecule has 3 rings (SSSR count). The zero-order valence-corrected chi connectivity index (χ0v) is 21.2. The van der Waals surface area contributed by atoms with Gasteiger partial charge in [-0.2, -0.15) is 0 Å². The highest BCUT2D eigenvalue weighted by molar-refractivity contribution is 14.0. The van der Waals surface area contributed by atoms with Gasteiger partial charge in [-0.15, -0.1) is 24.0 Å². The zero-order chi connectivity index (χ0) is 20.5. The largest absolute Gasteiger partial charge is 0.444 e. The van der Waals surface area contributed by atoms with Crippen molar-refractivity contribution in [3.8, 4) is 0 Å². The van der Waals surface area contributed by atoms with Crippen molar-refractivity contribution in [2.75, 3.05) is 39.3 Å². The Hall–Kier alpha value is -0.770. The van der Waals surface area contributed by atoms with E-state index in [1.54, 1.807) is 0 Å². The molecule has 0 bridgehead atoms. The van der Waals surface area contributed by atoms with E-state index in [0.29, 0.717) is 19.0 Å². The number of fused-ring (bicyclic) bond motifs is 1. The van der Waals surface area contributed by atoms with Gasteiger partial charge in [0.25, 0.3) is 0 Å². The predicted octanol–water partition coefficient (Wildman–Crippen LogP) is 3.33. The van der Waals surface area contributed by atoms with Crippen LogP contribution in [0.4, 0.5) is 4.79 Å². The van der Waals surface area contributed by atoms with Crippen LogP contribution in [-0.2, 0) is 9.47 Å². The van der Waals surface area contributed by atoms with Gasteiger partial charge in [0.2, 0.25) is 0 Å². The zero-order valence-electron chi connectivity index (χ0n) is 18.9. The van der Waals surface area contributed by atoms with E-state index in [4.69, 9.17) is 14.5 Å². The van der Waals surface area contributed by atoms with Crippen LogP contribution < -0.4 is 5.32 Å². The molecule has 1 amide bonds. The quantitative estimate of drug-likeness (QED) is 0.564. The summed E-state index contributed by atoms with van der Waals surface area (Å²) >= 11 is 0. The molecule has 2 saturated heterocycles. The first-order valence-electron chi connectivity index (χ1n) is 10.7. The van der Waals surface area contributed by atoms with Crippen molar-refractivity contribution in [1.82, 2.24) is 15.1 Å². The Kier molecular flexibility index (Phi) is 8.09. The third-order valence-corrected chi connectivity index (χ3v) is 5.68. The molecule has 3 heterocycles. The Bertz CT molecular complexity index is 600. The van der Waals surface area contributed by atoms with Gasteiger partial charge in [-0.1, -0.05) is 20.8 Å². The number of hydrogen-bond acceptors (Lipinski definition) is 6. The molecule has 3 atom stereocenters. The molecule has 0 aromatic rings. The lowest BCUT2D eigenvalue weighted by Gasteiger charge is -2.41. The van der Waals surface area contributed by atoms with E-state index in [1.807, 2.05) is 25.7 Å². The van der Waals surface area contributed by atoms with Gasteiger partial charge < -0.3 is 24.6 Å². The van der Waals surface area contributed by atoms with Gasteiger partial charge in [0.05, 0.1) is 18.7 Å². The van der Waals surface area contributed by atoms with E-state index in [1.165, 1.54) is 6.42 Å². The minimum absolute atomic E-state index is 0. The molecular weight excluding hydrogens is 483 g/mol. The Morgan fingerprint density at radius 3 is 2.62 bits per heavy atom. The van der Waals surface area contributed by atoms with Crippen LogP contribution in [0, 0.1) is 11.3 Å². The van der Waals surface area contributed by atoms with Crippen LogP contribution in [0.5, 0.6) is 0 Å². The molecule has 7 nitrogen and oxygen atoms in total. The molecule has 168 valence electrons. The summed E-state index contributed by atoms with van der Waals surface area (Å²) in [7, 11) is 0. The van der Waals surface area contributed by atoms with Crippen LogP contribution >= 0.6 is 24.0 Å². The number of rotatable bonds is 2. The van der Waals surface area contributed by atoms with Crippen LogP contribution in [0.25, 0.3) is 0 Å². The summed E-state index contributed by atoms with van der Waals surface area (Å²) in [5.74, 6) is 1.48. The maximum atomic E-state index is 12.4. The Morgan fingerprint density at radius 2 is 1.97 bits per heavy atom. The van der Waals surface area contributed by atoms with E-state index in [2.05, 4.69) is 31.0 Å². The molecule has 0 spiro atoms. The average molecular weight is 522 g/mol. The summed E-state index contributed by atoms with van der Waals surface area (Å²) < 4.78 is 11.6. The fraction of sp³-hybridized carbons (Fsp3) is 0.905. The van der Waals surface area contributed by atoms with Crippen molar-refractivity contribution >= 4 is 36.0 Å². The van der Waals surface area contributed by atoms with Gasteiger partial charge in [-0.25, -0.2) is 4.79 Å². The lowest BCUT2D eigenvalue weighted by Crippen LogP contribution is -2.58. The number of amides is 1. The van der Waals surface area contributed by atoms with Crippen molar-refractivity contribution in [2.45, 2.75) is 72.1 Å². The Morgan fingerprint density at radius 1 is 1.24 bits per heavy atom. The van der Waals surface area contributed by atoms with Crippen LogP contribution in [0.1, 0.15) is 54.4 Å². The Balaban J connectivity index is 0.00000300. The number of ether oxygens (including phenoxy) is 2. The lowest BCUT2D eigenvalue weighted by molar-refractivity contribution is -0.0836. The second-order valence-electron chi connectivity index (χ2n) is 10.4. The van der Waals surface area contributed by atoms with E-state index in [0.717, 1.165) is 38.6 Å². The van der Waals surface area contributed by atoms with Crippen molar-refractivity contribution in [3.05, 3.63) is 0 Å². The first-order valence-corrected chi connectivity index (χ1v) is 10.7. The minimum atomic E-state index is -0.460. The van der Waals surface area contributed by atoms with Crippen LogP contribution in [-0.4, -0.2) is 78.9 Å². The highest BCUT2D eigenvalue weighted by atomic mass is 127. The van der Waals surface area contributed by atoms with E-state index in [9.17, 15) is 4.79 Å². The number of carbonyl (C=O) groups excluding carboxylic acids is 1. The molecule has 0 saturated carbocycles. The normalized spacial score (nSPS) is 27.7. The molecule has 29 heavy (non-hydrogen) atoms. The molecule has 3 unspecified atom stereocenters. The van der Waals surface area contributed by atoms with E-state index < -0.39 is 5.60 Å². The highest BCUT2D eigenvalue weighted by Gasteiger charge is 2.38. The number of piperazine rings is 1. The smallest absolute Gasteiger partial charge is 0.410 e. The fourth-order valence-electron chi connectivity index (χ4n) is 4.45. The summed E-state index contributed by atoms with van der Waals surface area (Å²) in [5.41, 5.74) is -0.315. The third-order valence-electron chi connectivity index (χ3n) is 5.68.